The van der Waals surface area contributed by atoms with Crippen LogP contribution in [0.1, 0.15) is 15.9 Å². The molecular weight excluding hydrogens is 357 g/mol. The number of hydrogen-bond donors (Lipinski definition) is 1. The number of pyridine rings is 2. The Labute approximate surface area is 160 Å². The van der Waals surface area contributed by atoms with Crippen LogP contribution in [0.15, 0.2) is 67.0 Å². The van der Waals surface area contributed by atoms with Gasteiger partial charge in [-0.3, -0.25) is 14.8 Å². The predicted molar refractivity (Wildman–Crippen MR) is 105 cm³/mol. The fraction of sp³-hybridized carbons (Fsp3) is 0.0455. The minimum atomic E-state index is -0.470. The molecule has 0 saturated heterocycles. The van der Waals surface area contributed by atoms with Crippen molar-refractivity contribution in [2.45, 2.75) is 6.92 Å². The van der Waals surface area contributed by atoms with E-state index in [1.54, 1.807) is 54.9 Å². The lowest BCUT2D eigenvalue weighted by molar-refractivity contribution is 0.0999. The third kappa shape index (κ3) is 3.40. The number of ether oxygens (including phenoxy) is 1. The van der Waals surface area contributed by atoms with Gasteiger partial charge in [0.15, 0.2) is 5.82 Å². The molecule has 6 heteroatoms. The fourth-order valence-electron chi connectivity index (χ4n) is 3.05. The Balaban J connectivity index is 1.66. The second-order valence-electron chi connectivity index (χ2n) is 6.35. The van der Waals surface area contributed by atoms with E-state index in [1.165, 1.54) is 6.07 Å². The molecule has 5 nitrogen and oxygen atoms in total. The Morgan fingerprint density at radius 2 is 1.86 bits per heavy atom. The zero-order chi connectivity index (χ0) is 19.7. The summed E-state index contributed by atoms with van der Waals surface area (Å²) in [5, 5.41) is 0.657. The third-order valence-corrected chi connectivity index (χ3v) is 4.39. The highest BCUT2D eigenvalue weighted by Gasteiger charge is 2.10. The van der Waals surface area contributed by atoms with Gasteiger partial charge in [0.1, 0.15) is 17.0 Å². The van der Waals surface area contributed by atoms with Gasteiger partial charge in [0.05, 0.1) is 5.69 Å². The number of primary amides is 1. The molecule has 0 atom stereocenters. The number of carbonyl (C=O) groups excluding carboxylic acids is 1. The summed E-state index contributed by atoms with van der Waals surface area (Å²) in [6.45, 7) is 1.82. The lowest BCUT2D eigenvalue weighted by atomic mass is 10.0. The number of aromatic nitrogens is 2. The van der Waals surface area contributed by atoms with Crippen molar-refractivity contribution < 1.29 is 13.9 Å². The number of rotatable bonds is 4. The molecule has 2 aromatic carbocycles. The van der Waals surface area contributed by atoms with Crippen molar-refractivity contribution in [3.8, 4) is 22.8 Å². The molecule has 0 aliphatic heterocycles. The molecule has 4 rings (SSSR count). The van der Waals surface area contributed by atoms with Crippen LogP contribution in [-0.2, 0) is 0 Å². The third-order valence-electron chi connectivity index (χ3n) is 4.39. The molecule has 2 aromatic heterocycles. The molecule has 2 heterocycles. The van der Waals surface area contributed by atoms with E-state index in [0.717, 1.165) is 11.1 Å². The lowest BCUT2D eigenvalue weighted by Gasteiger charge is -2.10. The number of hydrogen-bond acceptors (Lipinski definition) is 4. The molecule has 0 unspecified atom stereocenters. The Kier molecular flexibility index (Phi) is 4.45. The molecular formula is C22H16FN3O2. The first-order valence-corrected chi connectivity index (χ1v) is 8.60. The number of carbonyl (C=O) groups is 1. The number of fused-ring (bicyclic) bond motifs is 1. The van der Waals surface area contributed by atoms with E-state index in [4.69, 9.17) is 10.5 Å². The van der Waals surface area contributed by atoms with E-state index in [0.29, 0.717) is 33.7 Å². The van der Waals surface area contributed by atoms with Gasteiger partial charge in [0, 0.05) is 41.0 Å². The highest BCUT2D eigenvalue weighted by Crippen LogP contribution is 2.29. The van der Waals surface area contributed by atoms with Crippen LogP contribution in [0.4, 0.5) is 4.39 Å². The van der Waals surface area contributed by atoms with Crippen LogP contribution in [0.2, 0.25) is 0 Å². The monoisotopic (exact) mass is 373 g/mol. The van der Waals surface area contributed by atoms with Crippen molar-refractivity contribution in [2.24, 2.45) is 5.73 Å². The standard InChI is InChI=1S/C22H16FN3O2/c1-13-9-14(4-5-18(13)22(24)27)20-12-16(6-8-25-20)28-17-10-15-3-2-7-26-21(15)19(23)11-17/h2-12H,1H3,(H2,24,27). The molecule has 1 amide bonds. The maximum Gasteiger partial charge on any atom is 0.248 e. The summed E-state index contributed by atoms with van der Waals surface area (Å²) in [4.78, 5) is 19.8. The zero-order valence-corrected chi connectivity index (χ0v) is 15.0. The maximum absolute atomic E-state index is 14.2. The Morgan fingerprint density at radius 3 is 2.64 bits per heavy atom. The van der Waals surface area contributed by atoms with Gasteiger partial charge in [-0.05, 0) is 42.8 Å². The normalized spacial score (nSPS) is 10.8. The average molecular weight is 373 g/mol. The Hall–Kier alpha value is -3.80. The average Bonchev–Trinajstić information content (AvgIpc) is 2.68. The van der Waals surface area contributed by atoms with Crippen molar-refractivity contribution in [1.29, 1.82) is 0 Å². The molecule has 0 aliphatic carbocycles. The summed E-state index contributed by atoms with van der Waals surface area (Å²) in [7, 11) is 0. The highest BCUT2D eigenvalue weighted by molar-refractivity contribution is 5.94. The van der Waals surface area contributed by atoms with Crippen molar-refractivity contribution >= 4 is 16.8 Å². The van der Waals surface area contributed by atoms with Gasteiger partial charge in [-0.2, -0.15) is 0 Å². The van der Waals surface area contributed by atoms with Crippen LogP contribution in [0.5, 0.6) is 11.5 Å². The number of nitrogens with two attached hydrogens (primary N) is 1. The minimum absolute atomic E-state index is 0.301. The number of benzene rings is 2. The van der Waals surface area contributed by atoms with Crippen LogP contribution in [-0.4, -0.2) is 15.9 Å². The maximum atomic E-state index is 14.2. The van der Waals surface area contributed by atoms with Crippen LogP contribution in [0.3, 0.4) is 0 Å². The van der Waals surface area contributed by atoms with E-state index in [2.05, 4.69) is 9.97 Å². The first-order chi connectivity index (χ1) is 13.5. The molecule has 0 spiro atoms. The minimum Gasteiger partial charge on any atom is -0.457 e. The number of amides is 1. The van der Waals surface area contributed by atoms with Crippen molar-refractivity contribution in [1.82, 2.24) is 9.97 Å². The van der Waals surface area contributed by atoms with Gasteiger partial charge < -0.3 is 10.5 Å². The quantitative estimate of drug-likeness (QED) is 0.565. The van der Waals surface area contributed by atoms with Crippen molar-refractivity contribution in [2.75, 3.05) is 0 Å². The van der Waals surface area contributed by atoms with Gasteiger partial charge in [-0.25, -0.2) is 4.39 Å². The van der Waals surface area contributed by atoms with E-state index in [9.17, 15) is 9.18 Å². The fourth-order valence-corrected chi connectivity index (χ4v) is 3.05. The van der Waals surface area contributed by atoms with Gasteiger partial charge in [0.2, 0.25) is 5.91 Å². The van der Waals surface area contributed by atoms with E-state index >= 15 is 0 Å². The zero-order valence-electron chi connectivity index (χ0n) is 15.0. The summed E-state index contributed by atoms with van der Waals surface area (Å²) in [5.41, 5.74) is 8.38. The van der Waals surface area contributed by atoms with Crippen LogP contribution >= 0.6 is 0 Å². The summed E-state index contributed by atoms with van der Waals surface area (Å²) in [6.07, 6.45) is 3.16. The van der Waals surface area contributed by atoms with Crippen molar-refractivity contribution in [3.05, 3.63) is 83.9 Å². The van der Waals surface area contributed by atoms with Gasteiger partial charge in [0.25, 0.3) is 0 Å². The molecule has 138 valence electrons. The molecule has 0 aliphatic rings. The predicted octanol–water partition coefficient (Wildman–Crippen LogP) is 4.64. The summed E-state index contributed by atoms with van der Waals surface area (Å²) >= 11 is 0. The number of nitrogens with zero attached hydrogens (tertiary/aromatic N) is 2. The topological polar surface area (TPSA) is 78.1 Å². The van der Waals surface area contributed by atoms with Gasteiger partial charge in [-0.15, -0.1) is 0 Å². The summed E-state index contributed by atoms with van der Waals surface area (Å²) in [6, 6.07) is 15.3. The second kappa shape index (κ2) is 7.08. The SMILES string of the molecule is Cc1cc(-c2cc(Oc3cc(F)c4ncccc4c3)ccn2)ccc1C(N)=O. The van der Waals surface area contributed by atoms with E-state index < -0.39 is 11.7 Å². The van der Waals surface area contributed by atoms with Crippen molar-refractivity contribution in [3.63, 3.8) is 0 Å². The smallest absolute Gasteiger partial charge is 0.248 e. The Morgan fingerprint density at radius 1 is 1.00 bits per heavy atom. The summed E-state index contributed by atoms with van der Waals surface area (Å²) < 4.78 is 20.1. The Bertz CT molecular complexity index is 1210. The van der Waals surface area contributed by atoms with E-state index in [1.807, 2.05) is 13.0 Å². The second-order valence-corrected chi connectivity index (χ2v) is 6.35. The largest absolute Gasteiger partial charge is 0.457 e. The van der Waals surface area contributed by atoms with Gasteiger partial charge >= 0.3 is 0 Å². The molecule has 0 radical (unpaired) electrons. The molecule has 28 heavy (non-hydrogen) atoms. The first-order valence-electron chi connectivity index (χ1n) is 8.60. The van der Waals surface area contributed by atoms with Gasteiger partial charge in [-0.1, -0.05) is 12.1 Å². The molecule has 0 bridgehead atoms. The van der Waals surface area contributed by atoms with Crippen LogP contribution in [0, 0.1) is 12.7 Å². The number of aryl methyl sites for hydroxylation is 1. The molecule has 4 aromatic rings. The van der Waals surface area contributed by atoms with E-state index in [-0.39, 0.29) is 0 Å². The molecule has 0 saturated carbocycles. The molecule has 0 fully saturated rings. The molecule has 2 N–H and O–H groups in total. The first kappa shape index (κ1) is 17.6. The van der Waals surface area contributed by atoms with Crippen LogP contribution < -0.4 is 10.5 Å². The number of halogens is 1. The lowest BCUT2D eigenvalue weighted by Crippen LogP contribution is -2.12. The van der Waals surface area contributed by atoms with Crippen LogP contribution in [0.25, 0.3) is 22.2 Å². The highest BCUT2D eigenvalue weighted by atomic mass is 19.1. The summed E-state index contributed by atoms with van der Waals surface area (Å²) in [5.74, 6) is -0.0263.